The third kappa shape index (κ3) is 4.61. The van der Waals surface area contributed by atoms with Crippen LogP contribution in [-0.4, -0.2) is 18.8 Å². The van der Waals surface area contributed by atoms with Crippen LogP contribution < -0.4 is 0 Å². The minimum atomic E-state index is -4.54. The Labute approximate surface area is 103 Å². The van der Waals surface area contributed by atoms with Gasteiger partial charge >= 0.3 is 12.1 Å². The molecule has 1 rings (SSSR count). The number of benzene rings is 1. The highest BCUT2D eigenvalue weighted by molar-refractivity contribution is 5.83. The maximum absolute atomic E-state index is 12.7. The number of esters is 1. The second kappa shape index (κ2) is 6.23. The summed E-state index contributed by atoms with van der Waals surface area (Å²) in [5, 5.41) is 0. The van der Waals surface area contributed by atoms with Gasteiger partial charge in [0.25, 0.3) is 0 Å². The van der Waals surface area contributed by atoms with Crippen LogP contribution >= 0.6 is 0 Å². The summed E-state index contributed by atoms with van der Waals surface area (Å²) in [6.45, 7) is 1.59. The second-order valence-electron chi connectivity index (χ2n) is 3.58. The molecule has 18 heavy (non-hydrogen) atoms. The van der Waals surface area contributed by atoms with Gasteiger partial charge in [0, 0.05) is 18.1 Å². The molecule has 0 fully saturated rings. The summed E-state index contributed by atoms with van der Waals surface area (Å²) in [5.41, 5.74) is -0.419. The SMILES string of the molecule is CCOC(=O)/C=C(\Cc1ccccc1)C(F)(F)F. The van der Waals surface area contributed by atoms with E-state index in [-0.39, 0.29) is 13.0 Å². The van der Waals surface area contributed by atoms with E-state index in [1.54, 1.807) is 30.3 Å². The van der Waals surface area contributed by atoms with Crippen molar-refractivity contribution < 1.29 is 22.7 Å². The molecule has 1 aromatic carbocycles. The summed E-state index contributed by atoms with van der Waals surface area (Å²) < 4.78 is 42.7. The van der Waals surface area contributed by atoms with E-state index in [9.17, 15) is 18.0 Å². The van der Waals surface area contributed by atoms with Gasteiger partial charge in [-0.1, -0.05) is 30.3 Å². The molecular formula is C13H13F3O2. The third-order valence-electron chi connectivity index (χ3n) is 2.18. The van der Waals surface area contributed by atoms with E-state index in [1.165, 1.54) is 6.92 Å². The summed E-state index contributed by atoms with van der Waals surface area (Å²) >= 11 is 0. The summed E-state index contributed by atoms with van der Waals surface area (Å²) in [5.74, 6) is -0.972. The van der Waals surface area contributed by atoms with E-state index < -0.39 is 17.7 Å². The normalized spacial score (nSPS) is 12.3. The molecule has 0 spiro atoms. The Morgan fingerprint density at radius 2 is 1.89 bits per heavy atom. The Balaban J connectivity index is 2.90. The molecule has 2 nitrogen and oxygen atoms in total. The van der Waals surface area contributed by atoms with E-state index in [4.69, 9.17) is 0 Å². The minimum Gasteiger partial charge on any atom is -0.463 e. The van der Waals surface area contributed by atoms with Gasteiger partial charge in [0.15, 0.2) is 0 Å². The quantitative estimate of drug-likeness (QED) is 0.612. The molecule has 0 saturated heterocycles. The first kappa shape index (κ1) is 14.3. The van der Waals surface area contributed by atoms with Gasteiger partial charge in [-0.2, -0.15) is 13.2 Å². The average molecular weight is 258 g/mol. The molecule has 0 aliphatic rings. The van der Waals surface area contributed by atoms with Crippen molar-refractivity contribution in [2.45, 2.75) is 19.5 Å². The number of carbonyl (C=O) groups is 1. The molecule has 0 saturated carbocycles. The van der Waals surface area contributed by atoms with E-state index in [0.717, 1.165) is 0 Å². The van der Waals surface area contributed by atoms with Gasteiger partial charge in [-0.15, -0.1) is 0 Å². The van der Waals surface area contributed by atoms with Crippen molar-refractivity contribution >= 4 is 5.97 Å². The highest BCUT2D eigenvalue weighted by atomic mass is 19.4. The van der Waals surface area contributed by atoms with E-state index >= 15 is 0 Å². The van der Waals surface area contributed by atoms with E-state index in [0.29, 0.717) is 11.6 Å². The first-order chi connectivity index (χ1) is 8.43. The van der Waals surface area contributed by atoms with Crippen molar-refractivity contribution in [2.24, 2.45) is 0 Å². The van der Waals surface area contributed by atoms with Gasteiger partial charge in [-0.05, 0) is 12.5 Å². The number of allylic oxidation sites excluding steroid dienone is 1. The predicted molar refractivity (Wildman–Crippen MR) is 60.9 cm³/mol. The Morgan fingerprint density at radius 1 is 1.28 bits per heavy atom. The van der Waals surface area contributed by atoms with Crippen LogP contribution in [0.25, 0.3) is 0 Å². The van der Waals surface area contributed by atoms with Crippen molar-refractivity contribution in [1.29, 1.82) is 0 Å². The predicted octanol–water partition coefficient (Wildman–Crippen LogP) is 3.28. The largest absolute Gasteiger partial charge is 0.463 e. The molecular weight excluding hydrogens is 245 g/mol. The van der Waals surface area contributed by atoms with Gasteiger partial charge in [0.2, 0.25) is 0 Å². The maximum atomic E-state index is 12.7. The molecule has 0 unspecified atom stereocenters. The van der Waals surface area contributed by atoms with Crippen LogP contribution in [0.5, 0.6) is 0 Å². The van der Waals surface area contributed by atoms with Crippen molar-refractivity contribution in [3.63, 3.8) is 0 Å². The van der Waals surface area contributed by atoms with Crippen LogP contribution in [0, 0.1) is 0 Å². The van der Waals surface area contributed by atoms with Crippen LogP contribution in [0.15, 0.2) is 42.0 Å². The summed E-state index contributed by atoms with van der Waals surface area (Å²) in [4.78, 5) is 11.1. The lowest BCUT2D eigenvalue weighted by atomic mass is 10.0. The molecule has 0 amide bonds. The number of ether oxygens (including phenoxy) is 1. The molecule has 0 radical (unpaired) electrons. The van der Waals surface area contributed by atoms with Gasteiger partial charge in [-0.3, -0.25) is 0 Å². The smallest absolute Gasteiger partial charge is 0.413 e. The van der Waals surface area contributed by atoms with Crippen molar-refractivity contribution in [2.75, 3.05) is 6.61 Å². The lowest BCUT2D eigenvalue weighted by Gasteiger charge is -2.11. The molecule has 1 aromatic rings. The molecule has 0 bridgehead atoms. The Kier molecular flexibility index (Phi) is 4.95. The summed E-state index contributed by atoms with van der Waals surface area (Å²) in [6.07, 6.45) is -4.37. The molecule has 98 valence electrons. The standard InChI is InChI=1S/C13H13F3O2/c1-2-18-12(17)9-11(13(14,15)16)8-10-6-4-3-5-7-10/h3-7,9H,2,8H2,1H3/b11-9+. The highest BCUT2D eigenvalue weighted by Gasteiger charge is 2.34. The zero-order valence-corrected chi connectivity index (χ0v) is 9.83. The molecule has 0 heterocycles. The summed E-state index contributed by atoms with van der Waals surface area (Å²) in [6, 6.07) is 8.16. The van der Waals surface area contributed by atoms with Gasteiger partial charge in [-0.25, -0.2) is 4.79 Å². The number of halogens is 3. The number of alkyl halides is 3. The average Bonchev–Trinajstić information content (AvgIpc) is 2.28. The van der Waals surface area contributed by atoms with Crippen LogP contribution in [0.3, 0.4) is 0 Å². The van der Waals surface area contributed by atoms with Crippen molar-refractivity contribution in [3.8, 4) is 0 Å². The fourth-order valence-electron chi connectivity index (χ4n) is 1.38. The monoisotopic (exact) mass is 258 g/mol. The van der Waals surface area contributed by atoms with Crippen molar-refractivity contribution in [1.82, 2.24) is 0 Å². The summed E-state index contributed by atoms with van der Waals surface area (Å²) in [7, 11) is 0. The van der Waals surface area contributed by atoms with Gasteiger partial charge < -0.3 is 4.74 Å². The molecule has 0 aromatic heterocycles. The van der Waals surface area contributed by atoms with E-state index in [1.807, 2.05) is 0 Å². The minimum absolute atomic E-state index is 0.0474. The first-order valence-electron chi connectivity index (χ1n) is 5.42. The lowest BCUT2D eigenvalue weighted by Crippen LogP contribution is -2.16. The molecule has 0 N–H and O–H groups in total. The van der Waals surface area contributed by atoms with Crippen LogP contribution in [0.4, 0.5) is 13.2 Å². The van der Waals surface area contributed by atoms with Crippen LogP contribution in [0.1, 0.15) is 12.5 Å². The fourth-order valence-corrected chi connectivity index (χ4v) is 1.38. The Hall–Kier alpha value is -1.78. The molecule has 0 aliphatic carbocycles. The zero-order chi connectivity index (χ0) is 13.6. The molecule has 0 aliphatic heterocycles. The van der Waals surface area contributed by atoms with Crippen LogP contribution in [0.2, 0.25) is 0 Å². The Morgan fingerprint density at radius 3 is 2.39 bits per heavy atom. The fraction of sp³-hybridized carbons (Fsp3) is 0.308. The van der Waals surface area contributed by atoms with Crippen LogP contribution in [-0.2, 0) is 16.0 Å². The van der Waals surface area contributed by atoms with Gasteiger partial charge in [0.05, 0.1) is 6.61 Å². The van der Waals surface area contributed by atoms with Crippen molar-refractivity contribution in [3.05, 3.63) is 47.5 Å². The maximum Gasteiger partial charge on any atom is 0.413 e. The number of rotatable bonds is 4. The highest BCUT2D eigenvalue weighted by Crippen LogP contribution is 2.28. The molecule has 0 atom stereocenters. The number of hydrogen-bond donors (Lipinski definition) is 0. The number of hydrogen-bond acceptors (Lipinski definition) is 2. The zero-order valence-electron chi connectivity index (χ0n) is 9.83. The van der Waals surface area contributed by atoms with Gasteiger partial charge in [0.1, 0.15) is 0 Å². The topological polar surface area (TPSA) is 26.3 Å². The lowest BCUT2D eigenvalue weighted by molar-refractivity contribution is -0.138. The number of carbonyl (C=O) groups excluding carboxylic acids is 1. The van der Waals surface area contributed by atoms with E-state index in [2.05, 4.69) is 4.74 Å². The second-order valence-corrected chi connectivity index (χ2v) is 3.58. The first-order valence-corrected chi connectivity index (χ1v) is 5.42. The molecule has 5 heteroatoms. The third-order valence-corrected chi connectivity index (χ3v) is 2.18. The Bertz CT molecular complexity index is 422.